The van der Waals surface area contributed by atoms with Crippen molar-refractivity contribution >= 4 is 20.2 Å². The molecule has 1 aromatic rings. The first-order valence-electron chi connectivity index (χ1n) is 10.6. The molecule has 2 nitrogen and oxygen atoms in total. The van der Waals surface area contributed by atoms with Crippen LogP contribution in [0.15, 0.2) is 30.3 Å². The maximum Gasteiger partial charge on any atom is 0.192 e. The molecule has 0 aliphatic heterocycles. The maximum atomic E-state index is 12.1. The normalized spacial score (nSPS) is 12.7. The number of unbranched alkanes of at least 4 members (excludes halogenated alkanes) is 5. The summed E-state index contributed by atoms with van der Waals surface area (Å²) in [6.45, 7) is 14.2. The van der Waals surface area contributed by atoms with Crippen molar-refractivity contribution in [3.05, 3.63) is 41.5 Å². The van der Waals surface area contributed by atoms with Crippen LogP contribution in [0.2, 0.25) is 18.1 Å². The number of ketones is 1. The Morgan fingerprint density at radius 2 is 1.74 bits per heavy atom. The molecule has 0 unspecified atom stereocenters. The van der Waals surface area contributed by atoms with Gasteiger partial charge in [0.05, 0.1) is 6.61 Å². The topological polar surface area (TPSA) is 26.3 Å². The highest BCUT2D eigenvalue weighted by atomic mass is 28.4. The van der Waals surface area contributed by atoms with Gasteiger partial charge in [-0.3, -0.25) is 4.79 Å². The number of hydrogen-bond acceptors (Lipinski definition) is 2. The lowest BCUT2D eigenvalue weighted by molar-refractivity contribution is -0.114. The van der Waals surface area contributed by atoms with Crippen molar-refractivity contribution in [2.24, 2.45) is 0 Å². The standard InChI is InChI=1S/C24H40O2Si/c1-7-8-9-10-11-12-16-23(25)18-17-21-14-13-15-22(19-21)20-26-27(5,6)24(2,3)4/h13-15,17-19H,7-12,16,20H2,1-6H3. The highest BCUT2D eigenvalue weighted by Crippen LogP contribution is 2.37. The van der Waals surface area contributed by atoms with Crippen LogP contribution >= 0.6 is 0 Å². The third kappa shape index (κ3) is 9.52. The second kappa shape index (κ2) is 11.6. The van der Waals surface area contributed by atoms with E-state index in [2.05, 4.69) is 52.9 Å². The zero-order valence-corrected chi connectivity index (χ0v) is 19.4. The predicted molar refractivity (Wildman–Crippen MR) is 120 cm³/mol. The third-order valence-corrected chi connectivity index (χ3v) is 10.1. The second-order valence-electron chi connectivity index (χ2n) is 9.11. The van der Waals surface area contributed by atoms with Crippen LogP contribution in [0.5, 0.6) is 0 Å². The molecular weight excluding hydrogens is 348 g/mol. The smallest absolute Gasteiger partial charge is 0.192 e. The lowest BCUT2D eigenvalue weighted by atomic mass is 10.1. The van der Waals surface area contributed by atoms with Crippen molar-refractivity contribution in [2.75, 3.05) is 0 Å². The number of allylic oxidation sites excluding steroid dienone is 1. The van der Waals surface area contributed by atoms with Gasteiger partial charge in [0, 0.05) is 6.42 Å². The Bertz CT molecular complexity index is 597. The molecule has 0 heterocycles. The van der Waals surface area contributed by atoms with Crippen molar-refractivity contribution in [2.45, 2.75) is 97.4 Å². The number of hydrogen-bond donors (Lipinski definition) is 0. The SMILES string of the molecule is CCCCCCCCC(=O)C=Cc1cccc(CO[Si](C)(C)C(C)(C)C)c1. The van der Waals surface area contributed by atoms with Crippen LogP contribution in [0.4, 0.5) is 0 Å². The minimum absolute atomic E-state index is 0.216. The molecule has 0 atom stereocenters. The second-order valence-corrected chi connectivity index (χ2v) is 13.9. The Morgan fingerprint density at radius 1 is 1.07 bits per heavy atom. The zero-order chi connectivity index (χ0) is 20.3. The van der Waals surface area contributed by atoms with Crippen molar-refractivity contribution in [3.8, 4) is 0 Å². The maximum absolute atomic E-state index is 12.1. The largest absolute Gasteiger partial charge is 0.413 e. The quantitative estimate of drug-likeness (QED) is 0.210. The first kappa shape index (κ1) is 23.8. The van der Waals surface area contributed by atoms with Gasteiger partial charge in [0.2, 0.25) is 0 Å². The van der Waals surface area contributed by atoms with Gasteiger partial charge in [0.25, 0.3) is 0 Å². The van der Waals surface area contributed by atoms with Gasteiger partial charge >= 0.3 is 0 Å². The fourth-order valence-electron chi connectivity index (χ4n) is 2.62. The average molecular weight is 389 g/mol. The summed E-state index contributed by atoms with van der Waals surface area (Å²) in [5, 5.41) is 0.216. The van der Waals surface area contributed by atoms with Crippen molar-refractivity contribution in [1.82, 2.24) is 0 Å². The molecule has 0 fully saturated rings. The van der Waals surface area contributed by atoms with Gasteiger partial charge in [0.15, 0.2) is 14.1 Å². The molecule has 0 saturated carbocycles. The molecule has 0 bridgehead atoms. The van der Waals surface area contributed by atoms with Gasteiger partial charge in [-0.15, -0.1) is 0 Å². The van der Waals surface area contributed by atoms with E-state index in [1.165, 1.54) is 37.7 Å². The van der Waals surface area contributed by atoms with Crippen molar-refractivity contribution < 1.29 is 9.22 Å². The van der Waals surface area contributed by atoms with Gasteiger partial charge in [-0.05, 0) is 47.8 Å². The van der Waals surface area contributed by atoms with Gasteiger partial charge in [-0.2, -0.15) is 0 Å². The molecule has 0 saturated heterocycles. The average Bonchev–Trinajstić information content (AvgIpc) is 2.60. The summed E-state index contributed by atoms with van der Waals surface area (Å²) in [7, 11) is -1.74. The fourth-order valence-corrected chi connectivity index (χ4v) is 3.58. The molecule has 1 rings (SSSR count). The molecule has 0 radical (unpaired) electrons. The van der Waals surface area contributed by atoms with Gasteiger partial charge in [0.1, 0.15) is 0 Å². The molecule has 0 N–H and O–H groups in total. The Labute approximate surface area is 168 Å². The lowest BCUT2D eigenvalue weighted by Crippen LogP contribution is -2.40. The summed E-state index contributed by atoms with van der Waals surface area (Å²) < 4.78 is 6.30. The molecule has 0 aliphatic rings. The lowest BCUT2D eigenvalue weighted by Gasteiger charge is -2.36. The summed E-state index contributed by atoms with van der Waals surface area (Å²) in [6.07, 6.45) is 11.6. The van der Waals surface area contributed by atoms with Gasteiger partial charge in [-0.1, -0.05) is 84.1 Å². The van der Waals surface area contributed by atoms with Crippen molar-refractivity contribution in [3.63, 3.8) is 0 Å². The molecule has 0 aliphatic carbocycles. The first-order valence-corrected chi connectivity index (χ1v) is 13.5. The number of carbonyl (C=O) groups excluding carboxylic acids is 1. The highest BCUT2D eigenvalue weighted by molar-refractivity contribution is 6.74. The monoisotopic (exact) mass is 388 g/mol. The minimum atomic E-state index is -1.74. The minimum Gasteiger partial charge on any atom is -0.413 e. The summed E-state index contributed by atoms with van der Waals surface area (Å²) in [4.78, 5) is 12.1. The Balaban J connectivity index is 2.47. The fraction of sp³-hybridized carbons (Fsp3) is 0.625. The van der Waals surface area contributed by atoms with E-state index in [0.29, 0.717) is 13.0 Å². The third-order valence-electron chi connectivity index (χ3n) is 5.60. The number of rotatable bonds is 12. The zero-order valence-electron chi connectivity index (χ0n) is 18.4. The molecule has 3 heteroatoms. The van der Waals surface area contributed by atoms with Gasteiger partial charge in [-0.25, -0.2) is 0 Å². The Morgan fingerprint density at radius 3 is 2.41 bits per heavy atom. The van der Waals surface area contributed by atoms with E-state index < -0.39 is 8.32 Å². The van der Waals surface area contributed by atoms with E-state index in [0.717, 1.165) is 12.0 Å². The molecule has 27 heavy (non-hydrogen) atoms. The van der Waals surface area contributed by atoms with Gasteiger partial charge < -0.3 is 4.43 Å². The number of benzene rings is 1. The van der Waals surface area contributed by atoms with Crippen LogP contribution in [0.25, 0.3) is 6.08 Å². The summed E-state index contributed by atoms with van der Waals surface area (Å²) in [5.41, 5.74) is 2.24. The van der Waals surface area contributed by atoms with E-state index in [1.54, 1.807) is 6.08 Å². The first-order chi connectivity index (χ1) is 12.7. The summed E-state index contributed by atoms with van der Waals surface area (Å²) in [6, 6.07) is 8.32. The van der Waals surface area contributed by atoms with Crippen LogP contribution < -0.4 is 0 Å². The molecule has 0 aromatic heterocycles. The molecule has 0 spiro atoms. The highest BCUT2D eigenvalue weighted by Gasteiger charge is 2.36. The predicted octanol–water partition coefficient (Wildman–Crippen LogP) is 7.54. The summed E-state index contributed by atoms with van der Waals surface area (Å²) in [5.74, 6) is 0.230. The van der Waals surface area contributed by atoms with Crippen LogP contribution in [0, 0.1) is 0 Å². The molecule has 0 amide bonds. The van der Waals surface area contributed by atoms with Crippen LogP contribution in [-0.4, -0.2) is 14.1 Å². The van der Waals surface area contributed by atoms with E-state index in [9.17, 15) is 4.79 Å². The summed E-state index contributed by atoms with van der Waals surface area (Å²) >= 11 is 0. The van der Waals surface area contributed by atoms with Crippen LogP contribution in [-0.2, 0) is 15.8 Å². The van der Waals surface area contributed by atoms with E-state index in [4.69, 9.17) is 4.43 Å². The van der Waals surface area contributed by atoms with Crippen LogP contribution in [0.3, 0.4) is 0 Å². The Kier molecular flexibility index (Phi) is 10.2. The van der Waals surface area contributed by atoms with E-state index in [-0.39, 0.29) is 10.8 Å². The number of carbonyl (C=O) groups is 1. The van der Waals surface area contributed by atoms with E-state index >= 15 is 0 Å². The Hall–Kier alpha value is -1.19. The molecular formula is C24H40O2Si. The molecule has 152 valence electrons. The van der Waals surface area contributed by atoms with Crippen molar-refractivity contribution in [1.29, 1.82) is 0 Å². The van der Waals surface area contributed by atoms with Crippen LogP contribution in [0.1, 0.15) is 83.8 Å². The molecule has 1 aromatic carbocycles. The van der Waals surface area contributed by atoms with E-state index in [1.807, 2.05) is 18.2 Å².